The van der Waals surface area contributed by atoms with Crippen LogP contribution in [0.3, 0.4) is 0 Å². The van der Waals surface area contributed by atoms with E-state index in [0.29, 0.717) is 44.0 Å². The van der Waals surface area contributed by atoms with E-state index in [0.717, 1.165) is 5.56 Å². The minimum atomic E-state index is -0.704. The number of amides is 1. The first kappa shape index (κ1) is 37.1. The molecule has 0 bridgehead atoms. The van der Waals surface area contributed by atoms with Crippen molar-refractivity contribution in [1.82, 2.24) is 14.9 Å². The van der Waals surface area contributed by atoms with Crippen molar-refractivity contribution in [3.63, 3.8) is 0 Å². The van der Waals surface area contributed by atoms with Crippen LogP contribution in [-0.4, -0.2) is 72.0 Å². The molecule has 11 nitrogen and oxygen atoms in total. The van der Waals surface area contributed by atoms with Crippen LogP contribution in [0, 0.1) is 23.7 Å². The number of carbonyl (C=O) groups is 2. The maximum Gasteiger partial charge on any atom is 0.408 e. The summed E-state index contributed by atoms with van der Waals surface area (Å²) in [5.41, 5.74) is 0.104. The van der Waals surface area contributed by atoms with Crippen LogP contribution < -0.4 is 14.8 Å². The van der Waals surface area contributed by atoms with Gasteiger partial charge in [0.25, 0.3) is 5.17 Å². The fraction of sp³-hybridized carbons (Fsp3) is 0.647. The lowest BCUT2D eigenvalue weighted by Gasteiger charge is -2.35. The maximum atomic E-state index is 13.1. The summed E-state index contributed by atoms with van der Waals surface area (Å²) < 4.78 is 36.6. The van der Waals surface area contributed by atoms with E-state index in [4.69, 9.17) is 40.6 Å². The Hall–Kier alpha value is -3.38. The second-order valence-corrected chi connectivity index (χ2v) is 13.7. The zero-order chi connectivity index (χ0) is 34.0. The largest absolute Gasteiger partial charge is 0.493 e. The third-order valence-corrected chi connectivity index (χ3v) is 8.30. The minimum absolute atomic E-state index is 0.0460. The minimum Gasteiger partial charge on any atom is -0.493 e. The van der Waals surface area contributed by atoms with Gasteiger partial charge in [-0.2, -0.15) is 0 Å². The lowest BCUT2D eigenvalue weighted by atomic mass is 9.79. The molecule has 0 aliphatic carbocycles. The molecule has 2 aromatic rings. The van der Waals surface area contributed by atoms with Crippen molar-refractivity contribution in [1.29, 1.82) is 0 Å². The van der Waals surface area contributed by atoms with E-state index < -0.39 is 29.9 Å². The van der Waals surface area contributed by atoms with E-state index in [-0.39, 0.29) is 34.8 Å². The average Bonchev–Trinajstić information content (AvgIpc) is 3.66. The van der Waals surface area contributed by atoms with Gasteiger partial charge in [-0.25, -0.2) is 9.78 Å². The average molecular weight is 662 g/mol. The Morgan fingerprint density at radius 2 is 1.89 bits per heavy atom. The number of esters is 1. The summed E-state index contributed by atoms with van der Waals surface area (Å²) >= 11 is 5.72. The van der Waals surface area contributed by atoms with Crippen LogP contribution in [-0.2, 0) is 23.7 Å². The molecule has 1 saturated heterocycles. The highest BCUT2D eigenvalue weighted by Gasteiger charge is 2.43. The number of alkyl carbamates (subject to hydrolysis) is 1. The highest BCUT2D eigenvalue weighted by molar-refractivity contribution is 7.80. The van der Waals surface area contributed by atoms with Crippen molar-refractivity contribution in [3.8, 4) is 11.5 Å². The highest BCUT2D eigenvalue weighted by atomic mass is 32.1. The van der Waals surface area contributed by atoms with Gasteiger partial charge < -0.3 is 33.7 Å². The van der Waals surface area contributed by atoms with Gasteiger partial charge >= 0.3 is 12.1 Å². The number of hydrogen-bond donors (Lipinski definition) is 1. The molecule has 1 aliphatic rings. The van der Waals surface area contributed by atoms with E-state index in [1.807, 2.05) is 52.8 Å². The van der Waals surface area contributed by atoms with Gasteiger partial charge in [0.2, 0.25) is 0 Å². The molecule has 1 aromatic carbocycles. The number of hydrogen-bond acceptors (Lipinski definition) is 10. The zero-order valence-corrected chi connectivity index (χ0v) is 29.4. The standard InChI is InChI=1S/C34H51N3O8S/c1-21(2)24(18-26(36-32(39)45-34(5,6)7)28-19-25(22(3)4)31(38)43-28)30(44-33(46)37-14-13-35-20-37)23-11-12-27(41-9)29(17-23)42-16-10-15-40-8/h11-14,17,20-22,24-26,28,30H,10,15-16,18-19H2,1-9H3,(H,36,39)/t24?,25-,26-,28-,30+/m0/s1. The number of benzene rings is 1. The summed E-state index contributed by atoms with van der Waals surface area (Å²) in [5.74, 6) is 0.569. The molecular formula is C34H51N3O8S. The fourth-order valence-electron chi connectivity index (χ4n) is 5.53. The molecule has 12 heteroatoms. The fourth-order valence-corrected chi connectivity index (χ4v) is 5.74. The first-order chi connectivity index (χ1) is 21.7. The Morgan fingerprint density at radius 3 is 2.46 bits per heavy atom. The van der Waals surface area contributed by atoms with E-state index in [1.165, 1.54) is 0 Å². The molecule has 5 atom stereocenters. The maximum absolute atomic E-state index is 13.1. The molecule has 2 heterocycles. The number of nitrogens with zero attached hydrogens (tertiary/aromatic N) is 2. The quantitative estimate of drug-likeness (QED) is 0.132. The zero-order valence-electron chi connectivity index (χ0n) is 28.6. The summed E-state index contributed by atoms with van der Waals surface area (Å²) in [5, 5.41) is 3.26. The van der Waals surface area contributed by atoms with E-state index in [9.17, 15) is 9.59 Å². The molecule has 0 saturated carbocycles. The number of cyclic esters (lactones) is 1. The molecule has 1 amide bonds. The molecular weight excluding hydrogens is 610 g/mol. The number of thiocarbonyl (C=S) groups is 1. The van der Waals surface area contributed by atoms with Crippen LogP contribution in [0.4, 0.5) is 4.79 Å². The molecule has 1 aliphatic heterocycles. The van der Waals surface area contributed by atoms with Crippen molar-refractivity contribution in [2.45, 2.75) is 91.6 Å². The van der Waals surface area contributed by atoms with Gasteiger partial charge in [0, 0.05) is 38.4 Å². The van der Waals surface area contributed by atoms with Crippen LogP contribution in [0.5, 0.6) is 11.5 Å². The van der Waals surface area contributed by atoms with Crippen molar-refractivity contribution in [2.24, 2.45) is 23.7 Å². The normalized spacial score (nSPS) is 18.5. The highest BCUT2D eigenvalue weighted by Crippen LogP contribution is 2.41. The molecule has 0 radical (unpaired) electrons. The molecule has 1 fully saturated rings. The number of nitrogens with one attached hydrogen (secondary N) is 1. The second-order valence-electron chi connectivity index (χ2n) is 13.3. The van der Waals surface area contributed by atoms with Gasteiger partial charge in [0.15, 0.2) is 11.5 Å². The second kappa shape index (κ2) is 17.0. The summed E-state index contributed by atoms with van der Waals surface area (Å²) in [7, 11) is 3.25. The summed E-state index contributed by atoms with van der Waals surface area (Å²) in [4.78, 5) is 30.1. The number of carbonyl (C=O) groups excluding carboxylic acids is 2. The van der Waals surface area contributed by atoms with Crippen molar-refractivity contribution in [3.05, 3.63) is 42.5 Å². The molecule has 3 rings (SSSR count). The van der Waals surface area contributed by atoms with Crippen LogP contribution in [0.25, 0.3) is 0 Å². The Labute approximate surface area is 278 Å². The molecule has 1 aromatic heterocycles. The summed E-state index contributed by atoms with van der Waals surface area (Å²) in [6.07, 6.45) is 4.84. The first-order valence-electron chi connectivity index (χ1n) is 15.9. The number of ether oxygens (including phenoxy) is 6. The topological polar surface area (TPSA) is 119 Å². The molecule has 1 N–H and O–H groups in total. The van der Waals surface area contributed by atoms with Gasteiger partial charge in [0.05, 0.1) is 25.7 Å². The van der Waals surface area contributed by atoms with Crippen molar-refractivity contribution >= 4 is 29.5 Å². The van der Waals surface area contributed by atoms with Gasteiger partial charge in [-0.05, 0) is 75.4 Å². The number of rotatable bonds is 15. The van der Waals surface area contributed by atoms with Crippen LogP contribution in [0.15, 0.2) is 36.9 Å². The smallest absolute Gasteiger partial charge is 0.408 e. The monoisotopic (exact) mass is 661 g/mol. The summed E-state index contributed by atoms with van der Waals surface area (Å²) in [6, 6.07) is 5.13. The van der Waals surface area contributed by atoms with Crippen LogP contribution in [0.2, 0.25) is 0 Å². The van der Waals surface area contributed by atoms with Crippen molar-refractivity contribution < 1.29 is 38.0 Å². The van der Waals surface area contributed by atoms with E-state index in [2.05, 4.69) is 24.1 Å². The first-order valence-corrected chi connectivity index (χ1v) is 16.3. The Kier molecular flexibility index (Phi) is 13.7. The molecule has 256 valence electrons. The van der Waals surface area contributed by atoms with Crippen LogP contribution >= 0.6 is 12.2 Å². The van der Waals surface area contributed by atoms with Crippen LogP contribution in [0.1, 0.15) is 79.4 Å². The van der Waals surface area contributed by atoms with Gasteiger partial charge in [-0.3, -0.25) is 9.36 Å². The molecule has 46 heavy (non-hydrogen) atoms. The number of imidazole rings is 1. The third-order valence-electron chi connectivity index (χ3n) is 7.99. The lowest BCUT2D eigenvalue weighted by Crippen LogP contribution is -2.47. The third kappa shape index (κ3) is 10.6. The van der Waals surface area contributed by atoms with E-state index in [1.54, 1.807) is 37.5 Å². The SMILES string of the molecule is COCCCOc1cc([C@@H](OC(=S)n2ccnc2)C(C[C@H](NC(=O)OC(C)(C)C)[C@@H]2C[C@@H](C(C)C)C(=O)O2)C(C)C)ccc1OC. The Bertz CT molecular complexity index is 1280. The van der Waals surface area contributed by atoms with Gasteiger partial charge in [-0.1, -0.05) is 33.8 Å². The predicted molar refractivity (Wildman–Crippen MR) is 178 cm³/mol. The van der Waals surface area contributed by atoms with Crippen molar-refractivity contribution in [2.75, 3.05) is 27.4 Å². The molecule has 0 spiro atoms. The Morgan fingerprint density at radius 1 is 1.15 bits per heavy atom. The van der Waals surface area contributed by atoms with Gasteiger partial charge in [0.1, 0.15) is 24.1 Å². The lowest BCUT2D eigenvalue weighted by molar-refractivity contribution is -0.146. The van der Waals surface area contributed by atoms with E-state index >= 15 is 0 Å². The Balaban J connectivity index is 2.03. The summed E-state index contributed by atoms with van der Waals surface area (Å²) in [6.45, 7) is 14.6. The molecule has 1 unspecified atom stereocenters. The number of aromatic nitrogens is 2. The number of methoxy groups -OCH3 is 2. The predicted octanol–water partition coefficient (Wildman–Crippen LogP) is 6.34. The van der Waals surface area contributed by atoms with Gasteiger partial charge in [-0.15, -0.1) is 0 Å².